The van der Waals surface area contributed by atoms with Gasteiger partial charge in [-0.25, -0.2) is 4.79 Å². The normalized spacial score (nSPS) is 23.6. The standard InChI is InChI=1S/C32H36N2O4/c1-36-29-14-7-6-13-26(29)33-27-18-23-19-28-24-12-8-9-15-32(24,25(23)20-30(27)37-2)16-17-34(28)31(35)38-21-22-10-4-3-5-11-22/h3-7,10-11,13-14,18,20,24,28,33H,8-9,12,15-17,19,21H2,1-2H3/t24-,28+,32+/m1/s1. The Morgan fingerprint density at radius 2 is 1.74 bits per heavy atom. The molecule has 3 atom stereocenters. The van der Waals surface area contributed by atoms with Crippen molar-refractivity contribution in [1.82, 2.24) is 4.90 Å². The van der Waals surface area contributed by atoms with Gasteiger partial charge in [0.1, 0.15) is 18.1 Å². The van der Waals surface area contributed by atoms with E-state index in [1.54, 1.807) is 14.2 Å². The summed E-state index contributed by atoms with van der Waals surface area (Å²) in [5, 5.41) is 3.55. The Morgan fingerprint density at radius 1 is 0.947 bits per heavy atom. The second-order valence-corrected chi connectivity index (χ2v) is 10.8. The number of ether oxygens (including phenoxy) is 3. The Balaban J connectivity index is 1.33. The lowest BCUT2D eigenvalue weighted by molar-refractivity contribution is -0.0137. The van der Waals surface area contributed by atoms with Crippen molar-refractivity contribution < 1.29 is 19.0 Å². The Bertz CT molecular complexity index is 1310. The number of amides is 1. The number of carbonyl (C=O) groups excluding carboxylic acids is 1. The summed E-state index contributed by atoms with van der Waals surface area (Å²) in [5.41, 5.74) is 5.62. The van der Waals surface area contributed by atoms with Crippen LogP contribution in [0.15, 0.2) is 66.7 Å². The number of nitrogens with zero attached hydrogens (tertiary/aromatic N) is 1. The van der Waals surface area contributed by atoms with E-state index >= 15 is 0 Å². The smallest absolute Gasteiger partial charge is 0.410 e. The van der Waals surface area contributed by atoms with E-state index in [0.717, 1.165) is 60.7 Å². The van der Waals surface area contributed by atoms with Gasteiger partial charge in [0.05, 0.1) is 25.6 Å². The molecule has 2 aliphatic carbocycles. The van der Waals surface area contributed by atoms with E-state index in [0.29, 0.717) is 12.5 Å². The predicted octanol–water partition coefficient (Wildman–Crippen LogP) is 6.84. The largest absolute Gasteiger partial charge is 0.495 e. The van der Waals surface area contributed by atoms with Crippen molar-refractivity contribution in [3.8, 4) is 11.5 Å². The quantitative estimate of drug-likeness (QED) is 0.392. The Labute approximate surface area is 224 Å². The maximum Gasteiger partial charge on any atom is 0.410 e. The van der Waals surface area contributed by atoms with E-state index < -0.39 is 0 Å². The van der Waals surface area contributed by atoms with Gasteiger partial charge in [0.2, 0.25) is 0 Å². The highest BCUT2D eigenvalue weighted by Crippen LogP contribution is 2.57. The highest BCUT2D eigenvalue weighted by atomic mass is 16.6. The first kappa shape index (κ1) is 24.7. The number of likely N-dealkylation sites (tertiary alicyclic amines) is 1. The van der Waals surface area contributed by atoms with Crippen molar-refractivity contribution in [2.45, 2.75) is 56.6 Å². The van der Waals surface area contributed by atoms with Crippen LogP contribution in [0.1, 0.15) is 48.8 Å². The zero-order valence-electron chi connectivity index (χ0n) is 22.2. The molecule has 0 radical (unpaired) electrons. The molecular weight excluding hydrogens is 476 g/mol. The second kappa shape index (κ2) is 10.2. The molecular formula is C32H36N2O4. The summed E-state index contributed by atoms with van der Waals surface area (Å²) in [7, 11) is 3.42. The van der Waals surface area contributed by atoms with Crippen LogP contribution in [0.5, 0.6) is 11.5 Å². The molecule has 3 aromatic carbocycles. The van der Waals surface area contributed by atoms with Gasteiger partial charge in [-0.1, -0.05) is 55.3 Å². The first-order chi connectivity index (χ1) is 18.6. The number of nitrogens with one attached hydrogen (secondary N) is 1. The van der Waals surface area contributed by atoms with E-state index in [9.17, 15) is 4.79 Å². The van der Waals surface area contributed by atoms with Crippen molar-refractivity contribution in [3.63, 3.8) is 0 Å². The summed E-state index contributed by atoms with van der Waals surface area (Å²) in [4.78, 5) is 15.4. The maximum atomic E-state index is 13.4. The third-order valence-electron chi connectivity index (χ3n) is 8.97. The van der Waals surface area contributed by atoms with Crippen molar-refractivity contribution in [2.75, 3.05) is 26.1 Å². The number of para-hydroxylation sites is 2. The Kier molecular flexibility index (Phi) is 6.64. The molecule has 1 heterocycles. The van der Waals surface area contributed by atoms with Crippen LogP contribution in [0, 0.1) is 5.92 Å². The van der Waals surface area contributed by atoms with Gasteiger partial charge in [-0.3, -0.25) is 0 Å². The van der Waals surface area contributed by atoms with Crippen LogP contribution in [0.2, 0.25) is 0 Å². The fourth-order valence-corrected chi connectivity index (χ4v) is 7.23. The predicted molar refractivity (Wildman–Crippen MR) is 148 cm³/mol. The molecule has 1 saturated heterocycles. The highest BCUT2D eigenvalue weighted by molar-refractivity contribution is 5.73. The first-order valence-corrected chi connectivity index (χ1v) is 13.7. The minimum Gasteiger partial charge on any atom is -0.495 e. The topological polar surface area (TPSA) is 60.0 Å². The van der Waals surface area contributed by atoms with Gasteiger partial charge in [-0.15, -0.1) is 0 Å². The van der Waals surface area contributed by atoms with Crippen molar-refractivity contribution in [2.24, 2.45) is 5.92 Å². The SMILES string of the molecule is COc1ccccc1Nc1cc2c(cc1OC)[C@]13CCCC[C@@H]1[C@H](C2)N(C(=O)OCc1ccccc1)CC3. The lowest BCUT2D eigenvalue weighted by Gasteiger charge is -2.58. The number of fused-ring (bicyclic) bond motifs is 1. The van der Waals surface area contributed by atoms with E-state index in [4.69, 9.17) is 14.2 Å². The number of methoxy groups -OCH3 is 2. The number of benzene rings is 3. The zero-order chi connectivity index (χ0) is 26.1. The van der Waals surface area contributed by atoms with Gasteiger partial charge in [0.25, 0.3) is 0 Å². The van der Waals surface area contributed by atoms with Crippen LogP contribution in [-0.2, 0) is 23.2 Å². The van der Waals surface area contributed by atoms with Crippen LogP contribution in [0.3, 0.4) is 0 Å². The van der Waals surface area contributed by atoms with E-state index in [1.165, 1.54) is 24.0 Å². The van der Waals surface area contributed by atoms with Gasteiger partial charge in [0, 0.05) is 18.0 Å². The van der Waals surface area contributed by atoms with Crippen LogP contribution in [0.4, 0.5) is 16.2 Å². The molecule has 1 amide bonds. The summed E-state index contributed by atoms with van der Waals surface area (Å²) < 4.78 is 17.3. The maximum absolute atomic E-state index is 13.4. The molecule has 1 aliphatic heterocycles. The van der Waals surface area contributed by atoms with Crippen molar-refractivity contribution >= 4 is 17.5 Å². The van der Waals surface area contributed by atoms with Crippen LogP contribution in [-0.4, -0.2) is 37.8 Å². The summed E-state index contributed by atoms with van der Waals surface area (Å²) in [6.07, 6.45) is 6.35. The number of hydrogen-bond acceptors (Lipinski definition) is 5. The van der Waals surface area contributed by atoms with Gasteiger partial charge in [-0.05, 0) is 72.6 Å². The summed E-state index contributed by atoms with van der Waals surface area (Å²) in [6, 6.07) is 22.5. The van der Waals surface area contributed by atoms with E-state index in [1.807, 2.05) is 59.5 Å². The van der Waals surface area contributed by atoms with Gasteiger partial charge in [0.15, 0.2) is 0 Å². The van der Waals surface area contributed by atoms with Crippen molar-refractivity contribution in [1.29, 1.82) is 0 Å². The fourth-order valence-electron chi connectivity index (χ4n) is 7.23. The molecule has 0 unspecified atom stereocenters. The Hall–Kier alpha value is -3.67. The van der Waals surface area contributed by atoms with Crippen LogP contribution in [0.25, 0.3) is 0 Å². The second-order valence-electron chi connectivity index (χ2n) is 10.8. The third kappa shape index (κ3) is 4.26. The first-order valence-electron chi connectivity index (χ1n) is 13.7. The molecule has 0 spiro atoms. The molecule has 6 heteroatoms. The van der Waals surface area contributed by atoms with E-state index in [-0.39, 0.29) is 17.6 Å². The molecule has 6 rings (SSSR count). The molecule has 3 aliphatic rings. The Morgan fingerprint density at radius 3 is 2.55 bits per heavy atom. The zero-order valence-corrected chi connectivity index (χ0v) is 22.2. The molecule has 198 valence electrons. The highest BCUT2D eigenvalue weighted by Gasteiger charge is 2.55. The molecule has 3 aromatic rings. The van der Waals surface area contributed by atoms with Gasteiger partial charge >= 0.3 is 6.09 Å². The minimum atomic E-state index is -0.192. The molecule has 0 aromatic heterocycles. The van der Waals surface area contributed by atoms with Crippen LogP contribution < -0.4 is 14.8 Å². The molecule has 38 heavy (non-hydrogen) atoms. The molecule has 1 N–H and O–H groups in total. The fraction of sp³-hybridized carbons (Fsp3) is 0.406. The third-order valence-corrected chi connectivity index (χ3v) is 8.97. The summed E-state index contributed by atoms with van der Waals surface area (Å²) in [6.45, 7) is 1.04. The number of rotatable bonds is 6. The minimum absolute atomic E-state index is 0.0863. The number of anilines is 2. The van der Waals surface area contributed by atoms with Crippen molar-refractivity contribution in [3.05, 3.63) is 83.4 Å². The molecule has 2 bridgehead atoms. The lowest BCUT2D eigenvalue weighted by atomic mass is 9.52. The summed E-state index contributed by atoms with van der Waals surface area (Å²) >= 11 is 0. The van der Waals surface area contributed by atoms with Gasteiger partial charge in [-0.2, -0.15) is 0 Å². The number of carbonyl (C=O) groups is 1. The van der Waals surface area contributed by atoms with Crippen LogP contribution >= 0.6 is 0 Å². The molecule has 6 nitrogen and oxygen atoms in total. The van der Waals surface area contributed by atoms with E-state index in [2.05, 4.69) is 17.4 Å². The van der Waals surface area contributed by atoms with Gasteiger partial charge < -0.3 is 24.4 Å². The number of piperidine rings is 1. The lowest BCUT2D eigenvalue weighted by Crippen LogP contribution is -2.62. The molecule has 2 fully saturated rings. The number of hydrogen-bond donors (Lipinski definition) is 1. The molecule has 1 saturated carbocycles. The average molecular weight is 513 g/mol. The monoisotopic (exact) mass is 512 g/mol. The average Bonchev–Trinajstić information content (AvgIpc) is 2.96. The summed E-state index contributed by atoms with van der Waals surface area (Å²) in [5.74, 6) is 2.07.